The molecule has 2 rings (SSSR count). The molecule has 0 aliphatic carbocycles. The lowest BCUT2D eigenvalue weighted by molar-refractivity contribution is -0.164. The third-order valence-electron chi connectivity index (χ3n) is 2.87. The highest BCUT2D eigenvalue weighted by atomic mass is 16.6. The van der Waals surface area contributed by atoms with E-state index >= 15 is 0 Å². The van der Waals surface area contributed by atoms with Crippen LogP contribution in [-0.4, -0.2) is 42.0 Å². The lowest BCUT2D eigenvalue weighted by Crippen LogP contribution is -2.46. The molecule has 2 heterocycles. The van der Waals surface area contributed by atoms with Gasteiger partial charge in [0.1, 0.15) is 0 Å². The third kappa shape index (κ3) is 1.63. The van der Waals surface area contributed by atoms with Gasteiger partial charge in [0.25, 0.3) is 0 Å². The molecule has 1 N–H and O–H groups in total. The lowest BCUT2D eigenvalue weighted by atomic mass is 10.1. The minimum atomic E-state index is -0.531. The number of aliphatic hydroxyl groups is 1. The van der Waals surface area contributed by atoms with Crippen LogP contribution in [0.25, 0.3) is 0 Å². The molecule has 2 atom stereocenters. The van der Waals surface area contributed by atoms with Crippen LogP contribution >= 0.6 is 0 Å². The molecular formula is C9H17NO2. The second-order valence-electron chi connectivity index (χ2n) is 3.71. The van der Waals surface area contributed by atoms with Crippen molar-refractivity contribution in [3.8, 4) is 0 Å². The molecule has 12 heavy (non-hydrogen) atoms. The normalized spacial score (nSPS) is 38.8. The number of hydrogen-bond acceptors (Lipinski definition) is 3. The van der Waals surface area contributed by atoms with E-state index in [1.54, 1.807) is 0 Å². The molecule has 3 nitrogen and oxygen atoms in total. The van der Waals surface area contributed by atoms with Gasteiger partial charge in [0.2, 0.25) is 0 Å². The maximum Gasteiger partial charge on any atom is 0.170 e. The zero-order valence-corrected chi connectivity index (χ0v) is 7.41. The van der Waals surface area contributed by atoms with Crippen molar-refractivity contribution >= 4 is 0 Å². The Hall–Kier alpha value is -0.120. The minimum absolute atomic E-state index is 0.279. The molecule has 0 spiro atoms. The van der Waals surface area contributed by atoms with Crippen molar-refractivity contribution in [2.24, 2.45) is 0 Å². The quantitative estimate of drug-likeness (QED) is 0.626. The standard InChI is InChI=1S/C9H17NO2/c11-9-8(4-3-7-12-9)10-5-1-2-6-10/h8-9,11H,1-7H2/t8-,9?/m0/s1. The first kappa shape index (κ1) is 8.48. The highest BCUT2D eigenvalue weighted by Crippen LogP contribution is 2.21. The maximum absolute atomic E-state index is 9.57. The summed E-state index contributed by atoms with van der Waals surface area (Å²) < 4.78 is 5.22. The molecule has 2 aliphatic heterocycles. The van der Waals surface area contributed by atoms with E-state index in [-0.39, 0.29) is 6.04 Å². The van der Waals surface area contributed by atoms with Crippen molar-refractivity contribution < 1.29 is 9.84 Å². The monoisotopic (exact) mass is 171 g/mol. The van der Waals surface area contributed by atoms with E-state index in [0.717, 1.165) is 32.5 Å². The molecule has 70 valence electrons. The van der Waals surface area contributed by atoms with Gasteiger partial charge in [-0.1, -0.05) is 0 Å². The number of nitrogens with zero attached hydrogens (tertiary/aromatic N) is 1. The van der Waals surface area contributed by atoms with Crippen LogP contribution in [0.2, 0.25) is 0 Å². The first-order chi connectivity index (χ1) is 5.88. The van der Waals surface area contributed by atoms with Gasteiger partial charge >= 0.3 is 0 Å². The fourth-order valence-electron chi connectivity index (χ4n) is 2.19. The smallest absolute Gasteiger partial charge is 0.170 e. The van der Waals surface area contributed by atoms with Gasteiger partial charge < -0.3 is 9.84 Å². The van der Waals surface area contributed by atoms with Crippen LogP contribution in [-0.2, 0) is 4.74 Å². The molecule has 0 aromatic carbocycles. The van der Waals surface area contributed by atoms with E-state index in [2.05, 4.69) is 4.90 Å². The fraction of sp³-hybridized carbons (Fsp3) is 1.00. The molecule has 0 saturated carbocycles. The summed E-state index contributed by atoms with van der Waals surface area (Å²) in [5.74, 6) is 0. The van der Waals surface area contributed by atoms with Crippen LogP contribution in [0, 0.1) is 0 Å². The second-order valence-corrected chi connectivity index (χ2v) is 3.71. The largest absolute Gasteiger partial charge is 0.367 e. The maximum atomic E-state index is 9.57. The summed E-state index contributed by atoms with van der Waals surface area (Å²) in [5.41, 5.74) is 0. The predicted octanol–water partition coefficient (Wildman–Crippen LogP) is 0.580. The van der Waals surface area contributed by atoms with Crippen molar-refractivity contribution in [2.45, 2.75) is 38.0 Å². The summed E-state index contributed by atoms with van der Waals surface area (Å²) in [7, 11) is 0. The van der Waals surface area contributed by atoms with E-state index in [0.29, 0.717) is 0 Å². The average Bonchev–Trinajstić information content (AvgIpc) is 2.57. The zero-order valence-electron chi connectivity index (χ0n) is 7.41. The van der Waals surface area contributed by atoms with E-state index in [1.165, 1.54) is 12.8 Å². The molecule has 2 aliphatic rings. The molecule has 0 bridgehead atoms. The van der Waals surface area contributed by atoms with Crippen molar-refractivity contribution in [3.63, 3.8) is 0 Å². The minimum Gasteiger partial charge on any atom is -0.367 e. The van der Waals surface area contributed by atoms with E-state index in [4.69, 9.17) is 4.74 Å². The number of ether oxygens (including phenoxy) is 1. The molecule has 2 saturated heterocycles. The topological polar surface area (TPSA) is 32.7 Å². The van der Waals surface area contributed by atoms with Crippen LogP contribution in [0.1, 0.15) is 25.7 Å². The van der Waals surface area contributed by atoms with Gasteiger partial charge in [0.05, 0.1) is 6.04 Å². The molecule has 0 aromatic heterocycles. The number of rotatable bonds is 1. The first-order valence-corrected chi connectivity index (χ1v) is 4.91. The molecule has 0 aromatic rings. The molecular weight excluding hydrogens is 154 g/mol. The summed E-state index contributed by atoms with van der Waals surface area (Å²) in [5, 5.41) is 9.57. The van der Waals surface area contributed by atoms with Gasteiger partial charge in [-0.05, 0) is 38.8 Å². The number of likely N-dealkylation sites (tertiary alicyclic amines) is 1. The summed E-state index contributed by atoms with van der Waals surface area (Å²) in [6, 6.07) is 0.279. The molecule has 0 amide bonds. The Morgan fingerprint density at radius 3 is 2.58 bits per heavy atom. The van der Waals surface area contributed by atoms with Gasteiger partial charge in [0, 0.05) is 6.61 Å². The summed E-state index contributed by atoms with van der Waals surface area (Å²) in [4.78, 5) is 2.36. The van der Waals surface area contributed by atoms with Gasteiger partial charge in [-0.25, -0.2) is 0 Å². The molecule has 0 radical (unpaired) electrons. The third-order valence-corrected chi connectivity index (χ3v) is 2.87. The summed E-state index contributed by atoms with van der Waals surface area (Å²) >= 11 is 0. The van der Waals surface area contributed by atoms with Crippen molar-refractivity contribution in [1.29, 1.82) is 0 Å². The molecule has 1 unspecified atom stereocenters. The zero-order chi connectivity index (χ0) is 8.39. The van der Waals surface area contributed by atoms with Gasteiger partial charge in [-0.2, -0.15) is 0 Å². The van der Waals surface area contributed by atoms with Crippen LogP contribution < -0.4 is 0 Å². The Morgan fingerprint density at radius 1 is 1.17 bits per heavy atom. The molecule has 3 heteroatoms. The van der Waals surface area contributed by atoms with E-state index in [1.807, 2.05) is 0 Å². The van der Waals surface area contributed by atoms with Gasteiger partial charge in [0.15, 0.2) is 6.29 Å². The highest BCUT2D eigenvalue weighted by Gasteiger charge is 2.30. The highest BCUT2D eigenvalue weighted by molar-refractivity contribution is 4.80. The Balaban J connectivity index is 1.91. The van der Waals surface area contributed by atoms with Gasteiger partial charge in [-0.3, -0.25) is 4.90 Å². The lowest BCUT2D eigenvalue weighted by Gasteiger charge is -2.34. The average molecular weight is 171 g/mol. The summed E-state index contributed by atoms with van der Waals surface area (Å²) in [6.45, 7) is 3.02. The van der Waals surface area contributed by atoms with Crippen LogP contribution in [0.4, 0.5) is 0 Å². The van der Waals surface area contributed by atoms with Crippen molar-refractivity contribution in [2.75, 3.05) is 19.7 Å². The Morgan fingerprint density at radius 2 is 1.92 bits per heavy atom. The number of hydrogen-bond donors (Lipinski definition) is 1. The van der Waals surface area contributed by atoms with Crippen molar-refractivity contribution in [3.05, 3.63) is 0 Å². The Kier molecular flexibility index (Phi) is 2.63. The first-order valence-electron chi connectivity index (χ1n) is 4.91. The van der Waals surface area contributed by atoms with Gasteiger partial charge in [-0.15, -0.1) is 0 Å². The Labute approximate surface area is 73.3 Å². The number of aliphatic hydroxyl groups excluding tert-OH is 1. The second kappa shape index (κ2) is 3.73. The van der Waals surface area contributed by atoms with E-state index in [9.17, 15) is 5.11 Å². The Bertz CT molecular complexity index is 145. The van der Waals surface area contributed by atoms with Crippen LogP contribution in [0.15, 0.2) is 0 Å². The van der Waals surface area contributed by atoms with Crippen LogP contribution in [0.3, 0.4) is 0 Å². The van der Waals surface area contributed by atoms with Crippen molar-refractivity contribution in [1.82, 2.24) is 4.90 Å². The summed E-state index contributed by atoms with van der Waals surface area (Å²) in [6.07, 6.45) is 4.23. The van der Waals surface area contributed by atoms with Crippen LogP contribution in [0.5, 0.6) is 0 Å². The van der Waals surface area contributed by atoms with E-state index < -0.39 is 6.29 Å². The SMILES string of the molecule is OC1OCCC[C@@H]1N1CCCC1. The predicted molar refractivity (Wildman–Crippen MR) is 45.8 cm³/mol. The molecule has 2 fully saturated rings. The fourth-order valence-corrected chi connectivity index (χ4v) is 2.19.